The SMILES string of the molecule is C=C1c2ccccc2C(=O)N1CC(=O)NC(COc1ccccc1F)C(C)(C)C. The molecule has 0 spiro atoms. The van der Waals surface area contributed by atoms with Crippen LogP contribution in [0.25, 0.3) is 5.70 Å². The molecule has 0 saturated carbocycles. The molecule has 1 aliphatic heterocycles. The second-order valence-electron chi connectivity index (χ2n) is 8.11. The summed E-state index contributed by atoms with van der Waals surface area (Å²) < 4.78 is 19.4. The van der Waals surface area contributed by atoms with Crippen LogP contribution in [0.5, 0.6) is 5.75 Å². The van der Waals surface area contributed by atoms with Gasteiger partial charge in [0.15, 0.2) is 11.6 Å². The van der Waals surface area contributed by atoms with E-state index in [-0.39, 0.29) is 42.2 Å². The van der Waals surface area contributed by atoms with Crippen LogP contribution in [0.2, 0.25) is 0 Å². The molecule has 2 aromatic rings. The first-order valence-electron chi connectivity index (χ1n) is 9.45. The number of hydrogen-bond donors (Lipinski definition) is 1. The highest BCUT2D eigenvalue weighted by atomic mass is 19.1. The summed E-state index contributed by atoms with van der Waals surface area (Å²) in [6.07, 6.45) is 0. The number of ether oxygens (including phenoxy) is 1. The summed E-state index contributed by atoms with van der Waals surface area (Å²) in [5, 5.41) is 2.92. The van der Waals surface area contributed by atoms with Gasteiger partial charge in [0.2, 0.25) is 5.91 Å². The van der Waals surface area contributed by atoms with Gasteiger partial charge in [-0.15, -0.1) is 0 Å². The third-order valence-corrected chi connectivity index (χ3v) is 4.96. The maximum atomic E-state index is 13.8. The highest BCUT2D eigenvalue weighted by Gasteiger charge is 2.33. The summed E-state index contributed by atoms with van der Waals surface area (Å²) in [5.74, 6) is -0.891. The zero-order chi connectivity index (χ0) is 21.2. The maximum absolute atomic E-state index is 13.8. The molecule has 2 aromatic carbocycles. The number of nitrogens with zero attached hydrogens (tertiary/aromatic N) is 1. The van der Waals surface area contributed by atoms with Crippen molar-refractivity contribution in [1.82, 2.24) is 10.2 Å². The van der Waals surface area contributed by atoms with E-state index in [1.54, 1.807) is 30.3 Å². The second kappa shape index (κ2) is 8.07. The first-order valence-corrected chi connectivity index (χ1v) is 9.45. The lowest BCUT2D eigenvalue weighted by Gasteiger charge is -2.32. The number of fused-ring (bicyclic) bond motifs is 1. The summed E-state index contributed by atoms with van der Waals surface area (Å²) in [4.78, 5) is 26.7. The molecule has 0 bridgehead atoms. The molecule has 0 saturated heterocycles. The highest BCUT2D eigenvalue weighted by Crippen LogP contribution is 2.31. The second-order valence-corrected chi connectivity index (χ2v) is 8.11. The fourth-order valence-electron chi connectivity index (χ4n) is 3.13. The van der Waals surface area contributed by atoms with Crippen molar-refractivity contribution >= 4 is 17.5 Å². The van der Waals surface area contributed by atoms with Crippen molar-refractivity contribution in [3.8, 4) is 5.75 Å². The summed E-state index contributed by atoms with van der Waals surface area (Å²) in [6.45, 7) is 9.79. The highest BCUT2D eigenvalue weighted by molar-refractivity contribution is 6.10. The van der Waals surface area contributed by atoms with Crippen LogP contribution in [-0.2, 0) is 4.79 Å². The van der Waals surface area contributed by atoms with Crippen LogP contribution in [-0.4, -0.2) is 35.9 Å². The number of hydrogen-bond acceptors (Lipinski definition) is 3. The lowest BCUT2D eigenvalue weighted by atomic mass is 9.87. The largest absolute Gasteiger partial charge is 0.488 e. The minimum Gasteiger partial charge on any atom is -0.488 e. The van der Waals surface area contributed by atoms with E-state index in [0.29, 0.717) is 11.3 Å². The number of carbonyl (C=O) groups excluding carboxylic acids is 2. The Kier molecular flexibility index (Phi) is 5.73. The third kappa shape index (κ3) is 4.47. The van der Waals surface area contributed by atoms with Crippen LogP contribution >= 0.6 is 0 Å². The minimum atomic E-state index is -0.455. The van der Waals surface area contributed by atoms with Gasteiger partial charge in [-0.1, -0.05) is 57.7 Å². The average Bonchev–Trinajstić information content (AvgIpc) is 2.90. The number of carbonyl (C=O) groups is 2. The van der Waals surface area contributed by atoms with Gasteiger partial charge in [-0.05, 0) is 23.6 Å². The number of benzene rings is 2. The standard InChI is InChI=1S/C23H25FN2O3/c1-15-16-9-5-6-10-17(16)22(28)26(15)13-21(27)25-20(23(2,3)4)14-29-19-12-8-7-11-18(19)24/h5-12,20H,1,13-14H2,2-4H3,(H,25,27). The fraction of sp³-hybridized carbons (Fsp3) is 0.304. The van der Waals surface area contributed by atoms with Crippen LogP contribution in [0, 0.1) is 11.2 Å². The van der Waals surface area contributed by atoms with Crippen molar-refractivity contribution in [3.05, 3.63) is 72.1 Å². The van der Waals surface area contributed by atoms with E-state index in [1.807, 2.05) is 32.9 Å². The Labute approximate surface area is 170 Å². The number of nitrogens with one attached hydrogen (secondary N) is 1. The zero-order valence-electron chi connectivity index (χ0n) is 16.9. The van der Waals surface area contributed by atoms with Crippen LogP contribution < -0.4 is 10.1 Å². The van der Waals surface area contributed by atoms with E-state index in [4.69, 9.17) is 4.74 Å². The van der Waals surface area contributed by atoms with Gasteiger partial charge in [0.1, 0.15) is 13.2 Å². The van der Waals surface area contributed by atoms with Gasteiger partial charge in [0, 0.05) is 16.8 Å². The van der Waals surface area contributed by atoms with Crippen molar-refractivity contribution in [2.75, 3.05) is 13.2 Å². The van der Waals surface area contributed by atoms with Gasteiger partial charge in [-0.3, -0.25) is 14.5 Å². The molecule has 1 heterocycles. The van der Waals surface area contributed by atoms with Crippen molar-refractivity contribution in [2.45, 2.75) is 26.8 Å². The van der Waals surface area contributed by atoms with Gasteiger partial charge < -0.3 is 10.1 Å². The normalized spacial score (nSPS) is 14.6. The van der Waals surface area contributed by atoms with E-state index >= 15 is 0 Å². The van der Waals surface area contributed by atoms with E-state index in [9.17, 15) is 14.0 Å². The average molecular weight is 396 g/mol. The molecule has 6 heteroatoms. The Balaban J connectivity index is 1.66. The maximum Gasteiger partial charge on any atom is 0.259 e. The van der Waals surface area contributed by atoms with E-state index in [1.165, 1.54) is 11.0 Å². The van der Waals surface area contributed by atoms with Crippen molar-refractivity contribution in [3.63, 3.8) is 0 Å². The molecule has 5 nitrogen and oxygen atoms in total. The molecule has 0 aromatic heterocycles. The Morgan fingerprint density at radius 3 is 2.38 bits per heavy atom. The minimum absolute atomic E-state index is 0.102. The number of halogens is 1. The Bertz CT molecular complexity index is 914. The number of rotatable bonds is 6. The van der Waals surface area contributed by atoms with E-state index < -0.39 is 5.82 Å². The topological polar surface area (TPSA) is 58.6 Å². The van der Waals surface area contributed by atoms with E-state index in [2.05, 4.69) is 11.9 Å². The van der Waals surface area contributed by atoms with E-state index in [0.717, 1.165) is 5.56 Å². The molecule has 152 valence electrons. The van der Waals surface area contributed by atoms with Gasteiger partial charge in [0.25, 0.3) is 5.91 Å². The third-order valence-electron chi connectivity index (χ3n) is 4.96. The summed E-state index contributed by atoms with van der Waals surface area (Å²) >= 11 is 0. The molecule has 1 unspecified atom stereocenters. The van der Waals surface area contributed by atoms with Gasteiger partial charge in [-0.25, -0.2) is 4.39 Å². The summed E-state index contributed by atoms with van der Waals surface area (Å²) in [5.41, 5.74) is 1.45. The Morgan fingerprint density at radius 2 is 1.76 bits per heavy atom. The first-order chi connectivity index (χ1) is 13.7. The lowest BCUT2D eigenvalue weighted by molar-refractivity contribution is -0.123. The molecule has 0 radical (unpaired) electrons. The van der Waals surface area contributed by atoms with Crippen LogP contribution in [0.1, 0.15) is 36.7 Å². The predicted molar refractivity (Wildman–Crippen MR) is 110 cm³/mol. The van der Waals surface area contributed by atoms with Crippen LogP contribution in [0.3, 0.4) is 0 Å². The monoisotopic (exact) mass is 396 g/mol. The molecule has 0 aliphatic carbocycles. The molecule has 1 aliphatic rings. The quantitative estimate of drug-likeness (QED) is 0.807. The molecule has 1 atom stereocenters. The lowest BCUT2D eigenvalue weighted by Crippen LogP contribution is -2.50. The van der Waals surface area contributed by atoms with Crippen LogP contribution in [0.15, 0.2) is 55.1 Å². The molecular formula is C23H25FN2O3. The predicted octanol–water partition coefficient (Wildman–Crippen LogP) is 3.86. The Morgan fingerprint density at radius 1 is 1.14 bits per heavy atom. The van der Waals surface area contributed by atoms with Crippen LogP contribution in [0.4, 0.5) is 4.39 Å². The molecule has 2 amide bonds. The van der Waals surface area contributed by atoms with Crippen molar-refractivity contribution in [1.29, 1.82) is 0 Å². The molecule has 3 rings (SSSR count). The van der Waals surface area contributed by atoms with Gasteiger partial charge in [-0.2, -0.15) is 0 Å². The smallest absolute Gasteiger partial charge is 0.259 e. The van der Waals surface area contributed by atoms with Gasteiger partial charge in [0.05, 0.1) is 6.04 Å². The molecule has 0 fully saturated rings. The zero-order valence-corrected chi connectivity index (χ0v) is 16.9. The molecular weight excluding hydrogens is 371 g/mol. The van der Waals surface area contributed by atoms with Crippen molar-refractivity contribution in [2.24, 2.45) is 5.41 Å². The van der Waals surface area contributed by atoms with Gasteiger partial charge >= 0.3 is 0 Å². The summed E-state index contributed by atoms with van der Waals surface area (Å²) in [7, 11) is 0. The Hall–Kier alpha value is -3.15. The number of para-hydroxylation sites is 1. The van der Waals surface area contributed by atoms with Crippen molar-refractivity contribution < 1.29 is 18.7 Å². The summed E-state index contributed by atoms with van der Waals surface area (Å²) in [6, 6.07) is 12.9. The first kappa shape index (κ1) is 20.6. The molecule has 29 heavy (non-hydrogen) atoms. The fourth-order valence-corrected chi connectivity index (χ4v) is 3.13. The number of amides is 2. The molecule has 1 N–H and O–H groups in total.